The topological polar surface area (TPSA) is 67.8 Å². The van der Waals surface area contributed by atoms with Crippen LogP contribution in [-0.2, 0) is 6.18 Å². The Bertz CT molecular complexity index is 1040. The highest BCUT2D eigenvalue weighted by molar-refractivity contribution is 6.32. The third-order valence-electron chi connectivity index (χ3n) is 3.78. The fourth-order valence-electron chi connectivity index (χ4n) is 2.46. The zero-order valence-electron chi connectivity index (χ0n) is 14.2. The molecule has 3 aromatic rings. The van der Waals surface area contributed by atoms with Crippen molar-refractivity contribution in [1.82, 2.24) is 15.2 Å². The van der Waals surface area contributed by atoms with Crippen LogP contribution in [0, 0.1) is 6.92 Å². The fourth-order valence-corrected chi connectivity index (χ4v) is 2.92. The summed E-state index contributed by atoms with van der Waals surface area (Å²) >= 11 is 11.9. The molecule has 0 radical (unpaired) electrons. The number of hydrogen-bond donors (Lipinski definition) is 1. The van der Waals surface area contributed by atoms with Gasteiger partial charge in [0.05, 0.1) is 11.8 Å². The quantitative estimate of drug-likeness (QED) is 0.567. The molecule has 0 aliphatic heterocycles. The van der Waals surface area contributed by atoms with Gasteiger partial charge in [-0.1, -0.05) is 29.3 Å². The molecule has 0 aliphatic rings. The van der Waals surface area contributed by atoms with Crippen molar-refractivity contribution < 1.29 is 18.0 Å². The van der Waals surface area contributed by atoms with Crippen LogP contribution in [0.15, 0.2) is 42.6 Å². The van der Waals surface area contributed by atoms with Crippen LogP contribution in [0.2, 0.25) is 10.3 Å². The number of carbonyl (C=O) groups is 1. The van der Waals surface area contributed by atoms with E-state index in [4.69, 9.17) is 23.2 Å². The molecule has 0 unspecified atom stereocenters. The summed E-state index contributed by atoms with van der Waals surface area (Å²) in [5, 5.41) is 9.63. The molecule has 1 aromatic carbocycles. The van der Waals surface area contributed by atoms with E-state index in [2.05, 4.69) is 20.5 Å². The van der Waals surface area contributed by atoms with E-state index in [0.717, 1.165) is 11.1 Å². The van der Waals surface area contributed by atoms with Crippen LogP contribution in [0.1, 0.15) is 21.6 Å². The first kappa shape index (κ1) is 20.0. The Kier molecular flexibility index (Phi) is 5.53. The Morgan fingerprint density at radius 2 is 1.75 bits per heavy atom. The number of nitrogens with one attached hydrogen (secondary N) is 1. The van der Waals surface area contributed by atoms with Gasteiger partial charge in [-0.05, 0) is 53.9 Å². The normalized spacial score (nSPS) is 11.4. The number of aryl methyl sites for hydroxylation is 1. The van der Waals surface area contributed by atoms with Crippen LogP contribution >= 0.6 is 23.2 Å². The molecule has 0 fully saturated rings. The van der Waals surface area contributed by atoms with Gasteiger partial charge >= 0.3 is 6.18 Å². The summed E-state index contributed by atoms with van der Waals surface area (Å²) in [6.45, 7) is 1.85. The van der Waals surface area contributed by atoms with Crippen molar-refractivity contribution in [3.8, 4) is 11.1 Å². The third kappa shape index (κ3) is 4.58. The minimum atomic E-state index is -4.62. The molecule has 10 heteroatoms. The molecule has 0 saturated heterocycles. The minimum Gasteiger partial charge on any atom is -0.321 e. The van der Waals surface area contributed by atoms with Gasteiger partial charge in [-0.15, -0.1) is 5.10 Å². The number of amides is 1. The average Bonchev–Trinajstić information content (AvgIpc) is 2.62. The van der Waals surface area contributed by atoms with Gasteiger partial charge in [0, 0.05) is 5.69 Å². The molecule has 2 aromatic heterocycles. The molecule has 0 spiro atoms. The van der Waals surface area contributed by atoms with Gasteiger partial charge in [0.25, 0.3) is 5.91 Å². The summed E-state index contributed by atoms with van der Waals surface area (Å²) in [7, 11) is 0. The number of benzene rings is 1. The zero-order valence-corrected chi connectivity index (χ0v) is 15.7. The van der Waals surface area contributed by atoms with E-state index in [1.807, 2.05) is 6.92 Å². The van der Waals surface area contributed by atoms with Gasteiger partial charge in [0.2, 0.25) is 0 Å². The van der Waals surface area contributed by atoms with Crippen molar-refractivity contribution in [1.29, 1.82) is 0 Å². The van der Waals surface area contributed by atoms with Crippen molar-refractivity contribution in [3.63, 3.8) is 0 Å². The standard InChI is InChI=1S/C18H11Cl2F3N4O/c1-9-2-3-12(7-13(9)10-4-15(19)26-16(20)5-10)25-17(28)14-6-11(8-24-27-14)18(21,22)23/h2-8H,1H3,(H,25,28). The molecular weight excluding hydrogens is 416 g/mol. The molecule has 144 valence electrons. The second-order valence-electron chi connectivity index (χ2n) is 5.81. The lowest BCUT2D eigenvalue weighted by molar-refractivity contribution is -0.137. The maximum absolute atomic E-state index is 12.8. The molecule has 0 bridgehead atoms. The first-order valence-electron chi connectivity index (χ1n) is 7.79. The van der Waals surface area contributed by atoms with Crippen molar-refractivity contribution in [2.75, 3.05) is 5.32 Å². The third-order valence-corrected chi connectivity index (χ3v) is 4.17. The van der Waals surface area contributed by atoms with E-state index in [1.54, 1.807) is 30.3 Å². The molecule has 28 heavy (non-hydrogen) atoms. The second-order valence-corrected chi connectivity index (χ2v) is 6.59. The predicted molar refractivity (Wildman–Crippen MR) is 99.4 cm³/mol. The highest BCUT2D eigenvalue weighted by Crippen LogP contribution is 2.31. The molecule has 2 heterocycles. The smallest absolute Gasteiger partial charge is 0.321 e. The molecular formula is C18H11Cl2F3N4O. The lowest BCUT2D eigenvalue weighted by Crippen LogP contribution is -2.16. The van der Waals surface area contributed by atoms with Crippen LogP contribution in [0.3, 0.4) is 0 Å². The Balaban J connectivity index is 1.90. The number of rotatable bonds is 3. The van der Waals surface area contributed by atoms with Crippen LogP contribution in [-0.4, -0.2) is 21.1 Å². The van der Waals surface area contributed by atoms with E-state index in [0.29, 0.717) is 23.5 Å². The van der Waals surface area contributed by atoms with E-state index < -0.39 is 23.3 Å². The number of nitrogens with zero attached hydrogens (tertiary/aromatic N) is 3. The number of aromatic nitrogens is 3. The molecule has 3 rings (SSSR count). The van der Waals surface area contributed by atoms with Gasteiger partial charge in [0.1, 0.15) is 10.3 Å². The number of hydrogen-bond acceptors (Lipinski definition) is 4. The zero-order chi connectivity index (χ0) is 20.5. The van der Waals surface area contributed by atoms with E-state index in [9.17, 15) is 18.0 Å². The van der Waals surface area contributed by atoms with Crippen LogP contribution in [0.5, 0.6) is 0 Å². The van der Waals surface area contributed by atoms with Gasteiger partial charge < -0.3 is 5.32 Å². The van der Waals surface area contributed by atoms with E-state index in [-0.39, 0.29) is 10.3 Å². The molecule has 1 amide bonds. The van der Waals surface area contributed by atoms with Crippen LogP contribution < -0.4 is 5.32 Å². The molecule has 0 aliphatic carbocycles. The first-order chi connectivity index (χ1) is 13.1. The maximum atomic E-state index is 12.8. The SMILES string of the molecule is Cc1ccc(NC(=O)c2cc(C(F)(F)F)cnn2)cc1-c1cc(Cl)nc(Cl)c1. The average molecular weight is 427 g/mol. The summed E-state index contributed by atoms with van der Waals surface area (Å²) in [6, 6.07) is 8.86. The monoisotopic (exact) mass is 426 g/mol. The molecule has 0 saturated carbocycles. The minimum absolute atomic E-state index is 0.204. The Morgan fingerprint density at radius 1 is 1.07 bits per heavy atom. The number of halogens is 5. The van der Waals surface area contributed by atoms with Crippen molar-refractivity contribution in [2.45, 2.75) is 13.1 Å². The largest absolute Gasteiger partial charge is 0.418 e. The lowest BCUT2D eigenvalue weighted by Gasteiger charge is -2.11. The molecule has 0 atom stereocenters. The Hall–Kier alpha value is -2.71. The van der Waals surface area contributed by atoms with Crippen molar-refractivity contribution in [3.05, 3.63) is 69.7 Å². The van der Waals surface area contributed by atoms with Gasteiger partial charge in [-0.2, -0.15) is 18.3 Å². The first-order valence-corrected chi connectivity index (χ1v) is 8.54. The highest BCUT2D eigenvalue weighted by Gasteiger charge is 2.32. The van der Waals surface area contributed by atoms with Gasteiger partial charge in [0.15, 0.2) is 5.69 Å². The Labute approximate surface area is 167 Å². The van der Waals surface area contributed by atoms with E-state index in [1.165, 1.54) is 0 Å². The fraction of sp³-hybridized carbons (Fsp3) is 0.111. The molecule has 5 nitrogen and oxygen atoms in total. The highest BCUT2D eigenvalue weighted by atomic mass is 35.5. The molecule has 1 N–H and O–H groups in total. The Morgan fingerprint density at radius 3 is 2.39 bits per heavy atom. The van der Waals surface area contributed by atoms with Crippen LogP contribution in [0.4, 0.5) is 18.9 Å². The number of carbonyl (C=O) groups excluding carboxylic acids is 1. The summed E-state index contributed by atoms with van der Waals surface area (Å²) in [5.41, 5.74) is 1.12. The second kappa shape index (κ2) is 7.73. The number of alkyl halides is 3. The van der Waals surface area contributed by atoms with Crippen molar-refractivity contribution in [2.24, 2.45) is 0 Å². The predicted octanol–water partition coefficient (Wildman–Crippen LogP) is 5.42. The van der Waals surface area contributed by atoms with E-state index >= 15 is 0 Å². The van der Waals surface area contributed by atoms with Gasteiger partial charge in [-0.25, -0.2) is 4.98 Å². The van der Waals surface area contributed by atoms with Crippen molar-refractivity contribution >= 4 is 34.8 Å². The summed E-state index contributed by atoms with van der Waals surface area (Å²) < 4.78 is 38.3. The maximum Gasteiger partial charge on any atom is 0.418 e. The summed E-state index contributed by atoms with van der Waals surface area (Å²) in [6.07, 6.45) is -4.07. The lowest BCUT2D eigenvalue weighted by atomic mass is 10.0. The summed E-state index contributed by atoms with van der Waals surface area (Å²) in [4.78, 5) is 16.2. The number of pyridine rings is 1. The van der Waals surface area contributed by atoms with Crippen LogP contribution in [0.25, 0.3) is 11.1 Å². The number of anilines is 1. The van der Waals surface area contributed by atoms with Gasteiger partial charge in [-0.3, -0.25) is 4.79 Å². The summed E-state index contributed by atoms with van der Waals surface area (Å²) in [5.74, 6) is -0.820.